The summed E-state index contributed by atoms with van der Waals surface area (Å²) in [7, 11) is 0. The number of rotatable bonds is 7. The normalized spacial score (nSPS) is 11.0. The van der Waals surface area contributed by atoms with Crippen LogP contribution in [0, 0.1) is 5.82 Å². The fraction of sp³-hybridized carbons (Fsp3) is 0.158. The van der Waals surface area contributed by atoms with E-state index in [1.807, 2.05) is 30.3 Å². The molecule has 1 heterocycles. The van der Waals surface area contributed by atoms with E-state index >= 15 is 0 Å². The van der Waals surface area contributed by atoms with Gasteiger partial charge in [0.2, 0.25) is 5.69 Å². The Morgan fingerprint density at radius 1 is 1.22 bits per heavy atom. The van der Waals surface area contributed by atoms with E-state index in [-0.39, 0.29) is 18.1 Å². The van der Waals surface area contributed by atoms with Crippen LogP contribution in [0.3, 0.4) is 0 Å². The zero-order chi connectivity index (χ0) is 19.1. The van der Waals surface area contributed by atoms with Crippen LogP contribution in [0.4, 0.5) is 4.39 Å². The molecule has 0 amide bonds. The molecule has 0 fully saturated rings. The highest BCUT2D eigenvalue weighted by atomic mass is 32.2. The molecule has 6 nitrogen and oxygen atoms in total. The Labute approximate surface area is 160 Å². The Kier molecular flexibility index (Phi) is 6.32. The Morgan fingerprint density at radius 3 is 2.67 bits per heavy atom. The smallest absolute Gasteiger partial charge is 0.361 e. The van der Waals surface area contributed by atoms with Crippen LogP contribution in [0.2, 0.25) is 0 Å². The number of aromatic nitrogens is 3. The average Bonchev–Trinajstić information content (AvgIpc) is 3.10. The molecule has 0 spiro atoms. The molecule has 3 rings (SSSR count). The van der Waals surface area contributed by atoms with Gasteiger partial charge in [0.05, 0.1) is 12.8 Å². The van der Waals surface area contributed by atoms with Crippen LogP contribution < -0.4 is 0 Å². The van der Waals surface area contributed by atoms with Gasteiger partial charge in [-0.25, -0.2) is 9.18 Å². The summed E-state index contributed by atoms with van der Waals surface area (Å²) in [4.78, 5) is 13.4. The Balaban J connectivity index is 1.85. The molecule has 0 saturated heterocycles. The van der Waals surface area contributed by atoms with Crippen molar-refractivity contribution in [3.8, 4) is 0 Å². The molecule has 2 aromatic carbocycles. The predicted octanol–water partition coefficient (Wildman–Crippen LogP) is 3.77. The van der Waals surface area contributed by atoms with Crippen molar-refractivity contribution in [3.63, 3.8) is 0 Å². The van der Waals surface area contributed by atoms with Crippen molar-refractivity contribution in [1.29, 1.82) is 0 Å². The molecule has 138 valence electrons. The minimum atomic E-state index is -0.545. The number of halogens is 1. The van der Waals surface area contributed by atoms with Gasteiger partial charge in [0, 0.05) is 5.75 Å². The molecule has 0 aliphatic carbocycles. The molecular formula is C19H17FN4O2S. The monoisotopic (exact) mass is 384 g/mol. The van der Waals surface area contributed by atoms with E-state index in [1.54, 1.807) is 19.1 Å². The standard InChI is InChI=1S/C19H17FN4O2S/c1-2-26-19(25)17-18(27-13-15-6-4-3-5-7-15)24(23-22-17)21-12-14-8-10-16(20)11-9-14/h3-12H,2,13H2,1H3/b21-12+. The maximum atomic E-state index is 13.0. The van der Waals surface area contributed by atoms with Crippen LogP contribution in [0.1, 0.15) is 28.5 Å². The van der Waals surface area contributed by atoms with Gasteiger partial charge in [-0.3, -0.25) is 0 Å². The third-order valence-electron chi connectivity index (χ3n) is 3.49. The highest BCUT2D eigenvalue weighted by Crippen LogP contribution is 2.25. The average molecular weight is 384 g/mol. The Hall–Kier alpha value is -3.00. The summed E-state index contributed by atoms with van der Waals surface area (Å²) in [5.74, 6) is -0.250. The maximum absolute atomic E-state index is 13.0. The van der Waals surface area contributed by atoms with E-state index in [0.717, 1.165) is 5.56 Å². The number of nitrogens with zero attached hydrogens (tertiary/aromatic N) is 4. The van der Waals surface area contributed by atoms with E-state index < -0.39 is 5.97 Å². The van der Waals surface area contributed by atoms with E-state index in [4.69, 9.17) is 4.74 Å². The zero-order valence-corrected chi connectivity index (χ0v) is 15.4. The van der Waals surface area contributed by atoms with Gasteiger partial charge in [0.15, 0.2) is 5.03 Å². The lowest BCUT2D eigenvalue weighted by Gasteiger charge is -2.04. The number of carbonyl (C=O) groups is 1. The Bertz CT molecular complexity index is 927. The SMILES string of the molecule is CCOC(=O)c1nnn(/N=C/c2ccc(F)cc2)c1SCc1ccccc1. The lowest BCUT2D eigenvalue weighted by Crippen LogP contribution is -2.07. The number of thioether (sulfide) groups is 1. The van der Waals surface area contributed by atoms with Gasteiger partial charge in [-0.15, -0.1) is 9.89 Å². The van der Waals surface area contributed by atoms with Crippen molar-refractivity contribution in [2.75, 3.05) is 6.61 Å². The van der Waals surface area contributed by atoms with Gasteiger partial charge in [0.25, 0.3) is 0 Å². The molecule has 0 aliphatic rings. The summed E-state index contributed by atoms with van der Waals surface area (Å²) in [6.07, 6.45) is 1.52. The number of carbonyl (C=O) groups excluding carboxylic acids is 1. The second-order valence-electron chi connectivity index (χ2n) is 5.42. The lowest BCUT2D eigenvalue weighted by molar-refractivity contribution is 0.0515. The van der Waals surface area contributed by atoms with Gasteiger partial charge < -0.3 is 4.74 Å². The summed E-state index contributed by atoms with van der Waals surface area (Å²) >= 11 is 1.39. The minimum absolute atomic E-state index is 0.119. The first-order chi connectivity index (χ1) is 13.2. The molecule has 1 aromatic heterocycles. The van der Waals surface area contributed by atoms with E-state index in [1.165, 1.54) is 34.9 Å². The molecule has 0 unspecified atom stereocenters. The second kappa shape index (κ2) is 9.09. The molecule has 0 aliphatic heterocycles. The molecule has 0 bridgehead atoms. The number of esters is 1. The molecule has 8 heteroatoms. The molecule has 0 N–H and O–H groups in total. The maximum Gasteiger partial charge on any atom is 0.361 e. The lowest BCUT2D eigenvalue weighted by atomic mass is 10.2. The van der Waals surface area contributed by atoms with Crippen LogP contribution in [-0.2, 0) is 10.5 Å². The molecule has 0 atom stereocenters. The van der Waals surface area contributed by atoms with Crippen LogP contribution in [0.15, 0.2) is 64.7 Å². The first-order valence-corrected chi connectivity index (χ1v) is 9.25. The third kappa shape index (κ3) is 5.01. The van der Waals surface area contributed by atoms with Gasteiger partial charge in [0.1, 0.15) is 5.82 Å². The number of hydrogen-bond acceptors (Lipinski definition) is 6. The van der Waals surface area contributed by atoms with Gasteiger partial charge >= 0.3 is 5.97 Å². The largest absolute Gasteiger partial charge is 0.461 e. The molecular weight excluding hydrogens is 367 g/mol. The predicted molar refractivity (Wildman–Crippen MR) is 101 cm³/mol. The van der Waals surface area contributed by atoms with Crippen LogP contribution in [0.5, 0.6) is 0 Å². The van der Waals surface area contributed by atoms with E-state index in [0.29, 0.717) is 16.3 Å². The van der Waals surface area contributed by atoms with Crippen molar-refractivity contribution in [1.82, 2.24) is 15.1 Å². The molecule has 3 aromatic rings. The van der Waals surface area contributed by atoms with Crippen LogP contribution in [0.25, 0.3) is 0 Å². The van der Waals surface area contributed by atoms with Crippen molar-refractivity contribution in [3.05, 3.63) is 77.2 Å². The Morgan fingerprint density at radius 2 is 1.96 bits per heavy atom. The quantitative estimate of drug-likeness (QED) is 0.352. The summed E-state index contributed by atoms with van der Waals surface area (Å²) in [5, 5.41) is 12.6. The molecule has 0 saturated carbocycles. The number of hydrogen-bond donors (Lipinski definition) is 0. The number of ether oxygens (including phenoxy) is 1. The van der Waals surface area contributed by atoms with E-state index in [9.17, 15) is 9.18 Å². The van der Waals surface area contributed by atoms with Crippen LogP contribution >= 0.6 is 11.8 Å². The van der Waals surface area contributed by atoms with Crippen molar-refractivity contribution < 1.29 is 13.9 Å². The topological polar surface area (TPSA) is 69.4 Å². The first kappa shape index (κ1) is 18.8. The summed E-state index contributed by atoms with van der Waals surface area (Å²) in [6, 6.07) is 15.7. The third-order valence-corrected chi connectivity index (χ3v) is 4.59. The minimum Gasteiger partial charge on any atom is -0.461 e. The fourth-order valence-electron chi connectivity index (χ4n) is 2.19. The summed E-state index contributed by atoms with van der Waals surface area (Å²) in [6.45, 7) is 1.97. The van der Waals surface area contributed by atoms with Crippen molar-refractivity contribution in [2.45, 2.75) is 17.7 Å². The van der Waals surface area contributed by atoms with Crippen molar-refractivity contribution in [2.24, 2.45) is 5.10 Å². The van der Waals surface area contributed by atoms with Crippen molar-refractivity contribution >= 4 is 23.9 Å². The zero-order valence-electron chi connectivity index (χ0n) is 14.6. The highest BCUT2D eigenvalue weighted by molar-refractivity contribution is 7.98. The van der Waals surface area contributed by atoms with Gasteiger partial charge in [-0.1, -0.05) is 54.2 Å². The highest BCUT2D eigenvalue weighted by Gasteiger charge is 2.21. The molecule has 27 heavy (non-hydrogen) atoms. The van der Waals surface area contributed by atoms with Crippen LogP contribution in [-0.4, -0.2) is 33.9 Å². The molecule has 0 radical (unpaired) electrons. The fourth-order valence-corrected chi connectivity index (χ4v) is 3.15. The second-order valence-corrected chi connectivity index (χ2v) is 6.39. The van der Waals surface area contributed by atoms with E-state index in [2.05, 4.69) is 15.4 Å². The first-order valence-electron chi connectivity index (χ1n) is 8.27. The summed E-state index contributed by atoms with van der Waals surface area (Å²) < 4.78 is 18.1. The van der Waals surface area contributed by atoms with Gasteiger partial charge in [-0.05, 0) is 35.4 Å². The summed E-state index contributed by atoms with van der Waals surface area (Å²) in [5.41, 5.74) is 1.91. The number of benzene rings is 2. The van der Waals surface area contributed by atoms with Gasteiger partial charge in [-0.2, -0.15) is 5.10 Å².